The van der Waals surface area contributed by atoms with E-state index in [2.05, 4.69) is 9.72 Å². The van der Waals surface area contributed by atoms with Gasteiger partial charge in [0.1, 0.15) is 5.69 Å². The summed E-state index contributed by atoms with van der Waals surface area (Å²) in [5.74, 6) is -0.863. The zero-order valence-electron chi connectivity index (χ0n) is 7.91. The van der Waals surface area contributed by atoms with Crippen molar-refractivity contribution >= 4 is 12.0 Å². The Morgan fingerprint density at radius 3 is 2.56 bits per heavy atom. The van der Waals surface area contributed by atoms with Crippen LogP contribution in [0.5, 0.6) is 5.88 Å². The van der Waals surface area contributed by atoms with E-state index < -0.39 is 12.2 Å². The van der Waals surface area contributed by atoms with E-state index in [9.17, 15) is 18.0 Å². The molecule has 0 amide bonds. The Morgan fingerprint density at radius 2 is 2.12 bits per heavy atom. The van der Waals surface area contributed by atoms with E-state index in [0.717, 1.165) is 0 Å². The van der Waals surface area contributed by atoms with Gasteiger partial charge >= 0.3 is 6.36 Å². The number of anilines is 1. The number of pyridine rings is 1. The Labute approximate surface area is 88.2 Å². The largest absolute Gasteiger partial charge is 0.574 e. The maximum absolute atomic E-state index is 12.0. The van der Waals surface area contributed by atoms with Crippen LogP contribution in [-0.2, 0) is 6.54 Å². The van der Waals surface area contributed by atoms with Crippen molar-refractivity contribution in [3.8, 4) is 5.88 Å². The smallest absolute Gasteiger partial charge is 0.394 e. The van der Waals surface area contributed by atoms with Crippen molar-refractivity contribution in [2.45, 2.75) is 12.9 Å². The minimum absolute atomic E-state index is 0.122. The monoisotopic (exact) mass is 235 g/mol. The van der Waals surface area contributed by atoms with Gasteiger partial charge in [0.2, 0.25) is 5.88 Å². The highest BCUT2D eigenvalue weighted by molar-refractivity contribution is 5.74. The van der Waals surface area contributed by atoms with Crippen LogP contribution in [0.1, 0.15) is 16.1 Å². The maximum Gasteiger partial charge on any atom is 0.574 e. The predicted octanol–water partition coefficient (Wildman–Crippen LogP) is 0.834. The first kappa shape index (κ1) is 12.2. The third-order valence-corrected chi connectivity index (χ3v) is 1.68. The minimum Gasteiger partial charge on any atom is -0.394 e. The molecule has 8 heteroatoms. The van der Waals surface area contributed by atoms with E-state index in [1.54, 1.807) is 0 Å². The Morgan fingerprint density at radius 1 is 1.50 bits per heavy atom. The molecule has 0 aliphatic heterocycles. The molecule has 0 atom stereocenters. The number of nitrogens with two attached hydrogens (primary N) is 2. The third kappa shape index (κ3) is 2.83. The molecule has 0 aliphatic rings. The zero-order chi connectivity index (χ0) is 12.3. The molecule has 0 saturated carbocycles. The van der Waals surface area contributed by atoms with E-state index in [4.69, 9.17) is 11.5 Å². The fourth-order valence-electron chi connectivity index (χ4n) is 1.02. The number of hydrogen-bond acceptors (Lipinski definition) is 5. The Bertz CT molecular complexity index is 406. The number of rotatable bonds is 3. The lowest BCUT2D eigenvalue weighted by atomic mass is 10.2. The predicted molar refractivity (Wildman–Crippen MR) is 48.6 cm³/mol. The van der Waals surface area contributed by atoms with Crippen LogP contribution in [0.3, 0.4) is 0 Å². The van der Waals surface area contributed by atoms with Gasteiger partial charge in [-0.05, 0) is 11.6 Å². The van der Waals surface area contributed by atoms with E-state index in [-0.39, 0.29) is 29.8 Å². The third-order valence-electron chi connectivity index (χ3n) is 1.68. The number of carbonyl (C=O) groups excluding carboxylic acids is 1. The van der Waals surface area contributed by atoms with Crippen molar-refractivity contribution in [2.24, 2.45) is 5.73 Å². The van der Waals surface area contributed by atoms with Gasteiger partial charge in [-0.25, -0.2) is 4.98 Å². The second-order valence-electron chi connectivity index (χ2n) is 2.79. The summed E-state index contributed by atoms with van der Waals surface area (Å²) >= 11 is 0. The molecule has 1 aromatic heterocycles. The van der Waals surface area contributed by atoms with Crippen LogP contribution in [0.25, 0.3) is 0 Å². The quantitative estimate of drug-likeness (QED) is 0.757. The Kier molecular flexibility index (Phi) is 3.33. The lowest BCUT2D eigenvalue weighted by molar-refractivity contribution is -0.275. The number of alkyl halides is 3. The second-order valence-corrected chi connectivity index (χ2v) is 2.79. The lowest BCUT2D eigenvalue weighted by Gasteiger charge is -2.12. The van der Waals surface area contributed by atoms with Crippen LogP contribution >= 0.6 is 0 Å². The summed E-state index contributed by atoms with van der Waals surface area (Å²) in [6.45, 7) is -0.122. The molecule has 5 nitrogen and oxygen atoms in total. The van der Waals surface area contributed by atoms with Gasteiger partial charge in [0.15, 0.2) is 6.29 Å². The van der Waals surface area contributed by atoms with Gasteiger partial charge in [0.25, 0.3) is 0 Å². The molecule has 1 aromatic rings. The van der Waals surface area contributed by atoms with E-state index in [0.29, 0.717) is 0 Å². The number of aldehydes is 1. The summed E-state index contributed by atoms with van der Waals surface area (Å²) in [7, 11) is 0. The molecule has 88 valence electrons. The van der Waals surface area contributed by atoms with Crippen LogP contribution in [-0.4, -0.2) is 17.6 Å². The molecule has 0 fully saturated rings. The Balaban J connectivity index is 3.21. The minimum atomic E-state index is -4.92. The van der Waals surface area contributed by atoms with Crippen LogP contribution in [0.15, 0.2) is 6.07 Å². The Hall–Kier alpha value is -1.83. The molecule has 1 rings (SSSR count). The van der Waals surface area contributed by atoms with E-state index in [1.165, 1.54) is 6.07 Å². The number of nitrogens with zero attached hydrogens (tertiary/aromatic N) is 1. The summed E-state index contributed by atoms with van der Waals surface area (Å²) in [6, 6.07) is 1.20. The number of carbonyl (C=O) groups is 1. The normalized spacial score (nSPS) is 11.2. The SMILES string of the molecule is NCc1cc(C=O)nc(OC(F)(F)F)c1N. The van der Waals surface area contributed by atoms with Gasteiger partial charge in [-0.3, -0.25) is 4.79 Å². The fraction of sp³-hybridized carbons (Fsp3) is 0.250. The summed E-state index contributed by atoms with van der Waals surface area (Å²) in [5.41, 5.74) is 10.2. The number of nitrogen functional groups attached to an aromatic ring is 1. The molecule has 0 aromatic carbocycles. The topological polar surface area (TPSA) is 91.2 Å². The van der Waals surface area contributed by atoms with E-state index in [1.807, 2.05) is 0 Å². The fourth-order valence-corrected chi connectivity index (χ4v) is 1.02. The highest BCUT2D eigenvalue weighted by Gasteiger charge is 2.33. The van der Waals surface area contributed by atoms with Gasteiger partial charge in [-0.2, -0.15) is 0 Å². The number of aromatic nitrogens is 1. The number of hydrogen-bond donors (Lipinski definition) is 2. The summed E-state index contributed by atoms with van der Waals surface area (Å²) in [5, 5.41) is 0. The first-order valence-electron chi connectivity index (χ1n) is 4.07. The number of ether oxygens (including phenoxy) is 1. The second kappa shape index (κ2) is 4.35. The summed E-state index contributed by atoms with van der Waals surface area (Å²) in [4.78, 5) is 13.7. The average Bonchev–Trinajstić information content (AvgIpc) is 2.19. The molecule has 1 heterocycles. The molecule has 0 saturated heterocycles. The molecule has 0 bridgehead atoms. The molecule has 0 unspecified atom stereocenters. The molecular formula is C8H8F3N3O2. The van der Waals surface area contributed by atoms with Crippen molar-refractivity contribution in [3.63, 3.8) is 0 Å². The maximum atomic E-state index is 12.0. The van der Waals surface area contributed by atoms with Gasteiger partial charge in [0, 0.05) is 6.54 Å². The van der Waals surface area contributed by atoms with Gasteiger partial charge in [0.05, 0.1) is 5.69 Å². The van der Waals surface area contributed by atoms with Gasteiger partial charge in [-0.1, -0.05) is 0 Å². The molecule has 0 radical (unpaired) electrons. The van der Waals surface area contributed by atoms with Gasteiger partial charge in [-0.15, -0.1) is 13.2 Å². The number of halogens is 3. The van der Waals surface area contributed by atoms with Crippen LogP contribution in [0, 0.1) is 0 Å². The molecule has 0 spiro atoms. The summed E-state index contributed by atoms with van der Waals surface area (Å²) < 4.78 is 39.4. The molecule has 0 aliphatic carbocycles. The highest BCUT2D eigenvalue weighted by Crippen LogP contribution is 2.28. The van der Waals surface area contributed by atoms with Crippen molar-refractivity contribution < 1.29 is 22.7 Å². The van der Waals surface area contributed by atoms with Crippen LogP contribution in [0.4, 0.5) is 18.9 Å². The molecular weight excluding hydrogens is 227 g/mol. The lowest BCUT2D eigenvalue weighted by Crippen LogP contribution is -2.20. The average molecular weight is 235 g/mol. The summed E-state index contributed by atoms with van der Waals surface area (Å²) in [6.07, 6.45) is -4.64. The molecule has 16 heavy (non-hydrogen) atoms. The van der Waals surface area contributed by atoms with Crippen molar-refractivity contribution in [3.05, 3.63) is 17.3 Å². The zero-order valence-corrected chi connectivity index (χ0v) is 7.91. The van der Waals surface area contributed by atoms with Crippen molar-refractivity contribution in [1.82, 2.24) is 4.98 Å². The van der Waals surface area contributed by atoms with Crippen LogP contribution in [0.2, 0.25) is 0 Å². The first-order valence-corrected chi connectivity index (χ1v) is 4.07. The van der Waals surface area contributed by atoms with Crippen LogP contribution < -0.4 is 16.2 Å². The standard InChI is InChI=1S/C8H8F3N3O2/c9-8(10,11)16-7-6(13)4(2-12)1-5(3-15)14-7/h1,3H,2,12-13H2. The highest BCUT2D eigenvalue weighted by atomic mass is 19.4. The van der Waals surface area contributed by atoms with Crippen molar-refractivity contribution in [1.29, 1.82) is 0 Å². The molecule has 4 N–H and O–H groups in total. The first-order chi connectivity index (χ1) is 7.37. The van der Waals surface area contributed by atoms with Crippen molar-refractivity contribution in [2.75, 3.05) is 5.73 Å². The van der Waals surface area contributed by atoms with E-state index >= 15 is 0 Å². The van der Waals surface area contributed by atoms with Gasteiger partial charge < -0.3 is 16.2 Å².